The van der Waals surface area contributed by atoms with E-state index in [0.717, 1.165) is 34.7 Å². The van der Waals surface area contributed by atoms with E-state index < -0.39 is 0 Å². The molecule has 0 radical (unpaired) electrons. The fourth-order valence-electron chi connectivity index (χ4n) is 2.75. The maximum Gasteiger partial charge on any atom is 0.134 e. The topological polar surface area (TPSA) is 45.4 Å². The molecule has 1 heterocycles. The molecular formula is C19H18N2OS. The van der Waals surface area contributed by atoms with Crippen LogP contribution in [-0.2, 0) is 12.8 Å². The number of nitrogens with zero attached hydrogens (tertiary/aromatic N) is 2. The molecule has 1 aliphatic rings. The molecule has 116 valence electrons. The molecule has 3 nitrogen and oxygen atoms in total. The van der Waals surface area contributed by atoms with Crippen LogP contribution in [0.3, 0.4) is 0 Å². The Bertz CT molecular complexity index is 783. The fraction of sp³-hybridized carbons (Fsp3) is 0.263. The van der Waals surface area contributed by atoms with Gasteiger partial charge in [0, 0.05) is 16.7 Å². The molecule has 3 rings (SSSR count). The molecule has 0 amide bonds. The summed E-state index contributed by atoms with van der Waals surface area (Å²) in [6, 6.07) is 10.1. The van der Waals surface area contributed by atoms with E-state index in [4.69, 9.17) is 4.74 Å². The summed E-state index contributed by atoms with van der Waals surface area (Å²) in [5.41, 5.74) is 2.88. The predicted molar refractivity (Wildman–Crippen MR) is 95.1 cm³/mol. The normalized spacial score (nSPS) is 13.5. The van der Waals surface area contributed by atoms with E-state index in [1.54, 1.807) is 23.6 Å². The van der Waals surface area contributed by atoms with Crippen LogP contribution in [0.2, 0.25) is 0 Å². The van der Waals surface area contributed by atoms with Crippen LogP contribution in [0, 0.1) is 11.3 Å². The second-order valence-corrected chi connectivity index (χ2v) is 6.48. The molecular weight excluding hydrogens is 304 g/mol. The van der Waals surface area contributed by atoms with Crippen LogP contribution in [0.5, 0.6) is 5.75 Å². The Labute approximate surface area is 140 Å². The Morgan fingerprint density at radius 2 is 2.13 bits per heavy atom. The Balaban J connectivity index is 1.91. The van der Waals surface area contributed by atoms with Crippen molar-refractivity contribution in [3.8, 4) is 11.8 Å². The van der Waals surface area contributed by atoms with Crippen molar-refractivity contribution in [2.75, 3.05) is 6.61 Å². The number of benzene rings is 1. The molecule has 0 atom stereocenters. The molecule has 0 saturated carbocycles. The summed E-state index contributed by atoms with van der Waals surface area (Å²) in [6.45, 7) is 4.13. The Morgan fingerprint density at radius 1 is 1.30 bits per heavy atom. The van der Waals surface area contributed by atoms with Crippen LogP contribution in [0.1, 0.15) is 34.4 Å². The molecule has 0 saturated heterocycles. The van der Waals surface area contributed by atoms with Crippen molar-refractivity contribution in [2.24, 2.45) is 4.99 Å². The largest absolute Gasteiger partial charge is 0.489 e. The van der Waals surface area contributed by atoms with Gasteiger partial charge in [-0.2, -0.15) is 5.26 Å². The maximum absolute atomic E-state index is 9.48. The lowest BCUT2D eigenvalue weighted by molar-refractivity contribution is 0.363. The fourth-order valence-corrected chi connectivity index (χ4v) is 3.94. The van der Waals surface area contributed by atoms with Crippen molar-refractivity contribution in [2.45, 2.75) is 25.7 Å². The number of rotatable bonds is 5. The molecule has 0 spiro atoms. The van der Waals surface area contributed by atoms with Crippen LogP contribution in [0.4, 0.5) is 5.00 Å². The molecule has 1 aromatic heterocycles. The van der Waals surface area contributed by atoms with Gasteiger partial charge in [0.1, 0.15) is 23.4 Å². The second kappa shape index (κ2) is 7.26. The molecule has 4 heteroatoms. The standard InChI is InChI=1S/C19H18N2OS/c1-2-11-22-17-9-5-3-7-14(17)13-21-19-16(12-20)15-8-4-6-10-18(15)23-19/h2-3,5,7,9,13H,1,4,6,8,10-11H2/b21-13+. The maximum atomic E-state index is 9.48. The Morgan fingerprint density at radius 3 is 2.96 bits per heavy atom. The number of aliphatic imine (C=N–C) groups is 1. The van der Waals surface area contributed by atoms with Gasteiger partial charge in [0.05, 0.1) is 5.56 Å². The number of fused-ring (bicyclic) bond motifs is 1. The van der Waals surface area contributed by atoms with E-state index >= 15 is 0 Å². The number of para-hydroxylation sites is 1. The predicted octanol–water partition coefficient (Wildman–Crippen LogP) is 4.81. The summed E-state index contributed by atoms with van der Waals surface area (Å²) >= 11 is 1.65. The van der Waals surface area contributed by atoms with Crippen molar-refractivity contribution >= 4 is 22.6 Å². The van der Waals surface area contributed by atoms with E-state index in [1.807, 2.05) is 24.3 Å². The number of ether oxygens (including phenoxy) is 1. The molecule has 2 aromatic rings. The minimum Gasteiger partial charge on any atom is -0.489 e. The van der Waals surface area contributed by atoms with Crippen molar-refractivity contribution in [1.82, 2.24) is 0 Å². The zero-order valence-corrected chi connectivity index (χ0v) is 13.7. The second-order valence-electron chi connectivity index (χ2n) is 5.40. The van der Waals surface area contributed by atoms with E-state index in [-0.39, 0.29) is 0 Å². The number of nitriles is 1. The minimum absolute atomic E-state index is 0.460. The smallest absolute Gasteiger partial charge is 0.134 e. The van der Waals surface area contributed by atoms with Crippen molar-refractivity contribution in [1.29, 1.82) is 5.26 Å². The lowest BCUT2D eigenvalue weighted by Crippen LogP contribution is -1.99. The third-order valence-corrected chi connectivity index (χ3v) is 5.06. The molecule has 23 heavy (non-hydrogen) atoms. The van der Waals surface area contributed by atoms with Crippen molar-refractivity contribution < 1.29 is 4.74 Å². The van der Waals surface area contributed by atoms with E-state index in [9.17, 15) is 5.26 Å². The summed E-state index contributed by atoms with van der Waals surface area (Å²) in [7, 11) is 0. The summed E-state index contributed by atoms with van der Waals surface area (Å²) in [4.78, 5) is 5.92. The molecule has 0 bridgehead atoms. The molecule has 0 unspecified atom stereocenters. The van der Waals surface area contributed by atoms with Gasteiger partial charge in [-0.25, -0.2) is 4.99 Å². The third kappa shape index (κ3) is 3.35. The van der Waals surface area contributed by atoms with E-state index in [1.165, 1.54) is 23.3 Å². The molecule has 1 aromatic carbocycles. The highest BCUT2D eigenvalue weighted by molar-refractivity contribution is 7.16. The summed E-state index contributed by atoms with van der Waals surface area (Å²) in [6.07, 6.45) is 7.96. The Kier molecular flexibility index (Phi) is 4.89. The quantitative estimate of drug-likeness (QED) is 0.585. The van der Waals surface area contributed by atoms with Gasteiger partial charge >= 0.3 is 0 Å². The van der Waals surface area contributed by atoms with Gasteiger partial charge in [0.25, 0.3) is 0 Å². The SMILES string of the molecule is C=CCOc1ccccc1/C=N/c1sc2c(c1C#N)CCCC2. The van der Waals surface area contributed by atoms with Crippen LogP contribution in [0.25, 0.3) is 0 Å². The first-order valence-corrected chi connectivity index (χ1v) is 8.56. The zero-order chi connectivity index (χ0) is 16.1. The monoisotopic (exact) mass is 322 g/mol. The van der Waals surface area contributed by atoms with Gasteiger partial charge in [-0.15, -0.1) is 11.3 Å². The molecule has 1 aliphatic carbocycles. The van der Waals surface area contributed by atoms with E-state index in [0.29, 0.717) is 6.61 Å². The highest BCUT2D eigenvalue weighted by Crippen LogP contribution is 2.39. The van der Waals surface area contributed by atoms with E-state index in [2.05, 4.69) is 17.6 Å². The molecule has 0 N–H and O–H groups in total. The highest BCUT2D eigenvalue weighted by atomic mass is 32.1. The highest BCUT2D eigenvalue weighted by Gasteiger charge is 2.20. The van der Waals surface area contributed by atoms with Crippen LogP contribution in [0.15, 0.2) is 41.9 Å². The van der Waals surface area contributed by atoms with Gasteiger partial charge in [0.15, 0.2) is 0 Å². The average molecular weight is 322 g/mol. The summed E-state index contributed by atoms with van der Waals surface area (Å²) < 4.78 is 5.64. The summed E-state index contributed by atoms with van der Waals surface area (Å²) in [5.74, 6) is 0.774. The lowest BCUT2D eigenvalue weighted by atomic mass is 9.96. The van der Waals surface area contributed by atoms with Gasteiger partial charge in [-0.3, -0.25) is 0 Å². The number of thiophene rings is 1. The number of aryl methyl sites for hydroxylation is 1. The molecule has 0 aliphatic heterocycles. The minimum atomic E-state index is 0.460. The van der Waals surface area contributed by atoms with Gasteiger partial charge < -0.3 is 4.74 Å². The number of hydrogen-bond donors (Lipinski definition) is 0. The average Bonchev–Trinajstić information content (AvgIpc) is 2.96. The van der Waals surface area contributed by atoms with Gasteiger partial charge in [-0.1, -0.05) is 24.8 Å². The lowest BCUT2D eigenvalue weighted by Gasteiger charge is -2.09. The van der Waals surface area contributed by atoms with Crippen LogP contribution in [-0.4, -0.2) is 12.8 Å². The Hall–Kier alpha value is -2.38. The first-order valence-electron chi connectivity index (χ1n) is 7.75. The third-order valence-electron chi connectivity index (χ3n) is 3.86. The van der Waals surface area contributed by atoms with Crippen LogP contribution < -0.4 is 4.74 Å². The van der Waals surface area contributed by atoms with Crippen LogP contribution >= 0.6 is 11.3 Å². The van der Waals surface area contributed by atoms with Gasteiger partial charge in [-0.05, 0) is 43.4 Å². The van der Waals surface area contributed by atoms with Gasteiger partial charge in [0.2, 0.25) is 0 Å². The summed E-state index contributed by atoms with van der Waals surface area (Å²) in [5, 5.41) is 10.3. The zero-order valence-electron chi connectivity index (χ0n) is 12.9. The number of hydrogen-bond acceptors (Lipinski definition) is 4. The van der Waals surface area contributed by atoms with Crippen molar-refractivity contribution in [3.63, 3.8) is 0 Å². The van der Waals surface area contributed by atoms with Crippen molar-refractivity contribution in [3.05, 3.63) is 58.5 Å². The first kappa shape index (κ1) is 15.5. The first-order chi connectivity index (χ1) is 11.3. The molecule has 0 fully saturated rings.